The zero-order valence-electron chi connectivity index (χ0n) is 26.5. The highest BCUT2D eigenvalue weighted by Gasteiger charge is 2.13. The van der Waals surface area contributed by atoms with Gasteiger partial charge < -0.3 is 15.4 Å². The fourth-order valence-corrected chi connectivity index (χ4v) is 7.54. The van der Waals surface area contributed by atoms with Crippen molar-refractivity contribution in [1.29, 1.82) is 0 Å². The molecule has 13 nitrogen and oxygen atoms in total. The molecule has 0 saturated heterocycles. The number of anilines is 2. The number of benzene rings is 4. The Labute approximate surface area is 303 Å². The number of nitrogens with zero attached hydrogens (tertiary/aromatic N) is 2. The van der Waals surface area contributed by atoms with Gasteiger partial charge in [0.1, 0.15) is 5.75 Å². The summed E-state index contributed by atoms with van der Waals surface area (Å²) in [6.45, 7) is 0. The summed E-state index contributed by atoms with van der Waals surface area (Å²) in [5.74, 6) is 0.835. The van der Waals surface area contributed by atoms with Gasteiger partial charge in [0.15, 0.2) is 5.82 Å². The van der Waals surface area contributed by atoms with Crippen LogP contribution < -0.4 is 15.6 Å². The first-order valence-corrected chi connectivity index (χ1v) is 19.3. The molecule has 4 aromatic carbocycles. The molecule has 0 saturated carbocycles. The molecule has 0 amide bonds. The molecule has 266 valence electrons. The van der Waals surface area contributed by atoms with Crippen LogP contribution in [0.25, 0.3) is 43.5 Å². The second-order valence-electron chi connectivity index (χ2n) is 11.6. The highest BCUT2D eigenvalue weighted by Crippen LogP contribution is 2.36. The van der Waals surface area contributed by atoms with E-state index in [1.807, 2.05) is 48.0 Å². The maximum Gasteiger partial charge on any atom is 0.238 e. The third-order valence-electron chi connectivity index (χ3n) is 8.02. The lowest BCUT2D eigenvalue weighted by Crippen LogP contribution is -2.11. The third kappa shape index (κ3) is 7.91. The molecule has 8 aromatic rings. The van der Waals surface area contributed by atoms with Crippen molar-refractivity contribution in [2.45, 2.75) is 23.6 Å². The maximum absolute atomic E-state index is 11.3. The fourth-order valence-electron chi connectivity index (χ4n) is 5.52. The van der Waals surface area contributed by atoms with Gasteiger partial charge in [0.25, 0.3) is 0 Å². The normalized spacial score (nSPS) is 11.6. The summed E-state index contributed by atoms with van der Waals surface area (Å²) in [5, 5.41) is 41.7. The Kier molecular flexibility index (Phi) is 10.0. The molecule has 0 aliphatic carbocycles. The Balaban J connectivity index is 0.000000175. The van der Waals surface area contributed by atoms with Gasteiger partial charge in [-0.3, -0.25) is 10.2 Å². The van der Waals surface area contributed by atoms with Gasteiger partial charge >= 0.3 is 0 Å². The largest absolute Gasteiger partial charge is 0.508 e. The van der Waals surface area contributed by atoms with Crippen LogP contribution in [0.5, 0.6) is 5.75 Å². The number of phenolic OH excluding ortho intramolecular Hbond substituents is 1. The molecule has 0 aliphatic rings. The van der Waals surface area contributed by atoms with E-state index in [0.29, 0.717) is 17.9 Å². The number of nitrogens with two attached hydrogens (primary N) is 2. The van der Waals surface area contributed by atoms with Gasteiger partial charge in [-0.15, -0.1) is 11.3 Å². The first-order chi connectivity index (χ1) is 24.4. The van der Waals surface area contributed by atoms with Crippen molar-refractivity contribution < 1.29 is 21.9 Å². The number of thiophene rings is 1. The molecule has 0 spiro atoms. The SMILES string of the molecule is C.NS(=O)(=O)c1ccc(Cc2cc(-c3c[nH]c4ccccc34)n[nH]2)cc1.NS(=O)(=O)c1ccc(Nc2cc(-c3csc4cc(O)ccc34)[nH]n2)cc1. The molecule has 4 aromatic heterocycles. The lowest BCUT2D eigenvalue weighted by atomic mass is 10.1. The summed E-state index contributed by atoms with van der Waals surface area (Å²) in [5.41, 5.74) is 7.43. The minimum Gasteiger partial charge on any atom is -0.508 e. The molecule has 0 atom stereocenters. The molecular formula is C36H34N8O5S3. The van der Waals surface area contributed by atoms with E-state index in [2.05, 4.69) is 36.8 Å². The Morgan fingerprint density at radius 2 is 1.44 bits per heavy atom. The van der Waals surface area contributed by atoms with E-state index in [1.54, 1.807) is 47.7 Å². The Hall–Kier alpha value is -5.78. The number of fused-ring (bicyclic) bond motifs is 2. The van der Waals surface area contributed by atoms with Crippen molar-refractivity contribution in [3.8, 4) is 28.3 Å². The van der Waals surface area contributed by atoms with E-state index in [1.165, 1.54) is 24.3 Å². The van der Waals surface area contributed by atoms with E-state index in [0.717, 1.165) is 54.8 Å². The Morgan fingerprint density at radius 1 is 0.750 bits per heavy atom. The monoisotopic (exact) mass is 754 g/mol. The van der Waals surface area contributed by atoms with Gasteiger partial charge in [-0.2, -0.15) is 10.2 Å². The van der Waals surface area contributed by atoms with Crippen molar-refractivity contribution in [2.75, 3.05) is 5.32 Å². The van der Waals surface area contributed by atoms with Crippen LogP contribution in [-0.2, 0) is 26.5 Å². The zero-order chi connectivity index (χ0) is 35.8. The molecule has 0 bridgehead atoms. The fraction of sp³-hybridized carbons (Fsp3) is 0.0556. The van der Waals surface area contributed by atoms with Crippen LogP contribution in [0.4, 0.5) is 11.5 Å². The van der Waals surface area contributed by atoms with Crippen LogP contribution in [0.15, 0.2) is 124 Å². The van der Waals surface area contributed by atoms with Gasteiger partial charge in [0.05, 0.1) is 21.2 Å². The highest BCUT2D eigenvalue weighted by molar-refractivity contribution is 7.89. The van der Waals surface area contributed by atoms with Crippen molar-refractivity contribution in [1.82, 2.24) is 25.4 Å². The number of hydrogen-bond donors (Lipinski definition) is 7. The first-order valence-electron chi connectivity index (χ1n) is 15.3. The summed E-state index contributed by atoms with van der Waals surface area (Å²) >= 11 is 1.54. The van der Waals surface area contributed by atoms with Gasteiger partial charge in [-0.25, -0.2) is 27.1 Å². The van der Waals surface area contributed by atoms with Crippen molar-refractivity contribution >= 4 is 63.9 Å². The van der Waals surface area contributed by atoms with Crippen LogP contribution in [0.2, 0.25) is 0 Å². The molecular weight excluding hydrogens is 721 g/mol. The van der Waals surface area contributed by atoms with Crippen LogP contribution in [0.3, 0.4) is 0 Å². The van der Waals surface area contributed by atoms with E-state index >= 15 is 0 Å². The highest BCUT2D eigenvalue weighted by atomic mass is 32.2. The number of nitrogens with one attached hydrogen (secondary N) is 4. The number of aromatic nitrogens is 5. The summed E-state index contributed by atoms with van der Waals surface area (Å²) < 4.78 is 46.2. The molecule has 9 N–H and O–H groups in total. The molecule has 0 unspecified atom stereocenters. The number of para-hydroxylation sites is 1. The second kappa shape index (κ2) is 14.5. The predicted octanol–water partition coefficient (Wildman–Crippen LogP) is 6.82. The first kappa shape index (κ1) is 36.0. The predicted molar refractivity (Wildman–Crippen MR) is 205 cm³/mol. The van der Waals surface area contributed by atoms with E-state index in [9.17, 15) is 21.9 Å². The molecule has 4 heterocycles. The second-order valence-corrected chi connectivity index (χ2v) is 15.6. The van der Waals surface area contributed by atoms with Crippen molar-refractivity contribution in [3.05, 3.63) is 126 Å². The average molecular weight is 755 g/mol. The minimum absolute atomic E-state index is 0. The topological polar surface area (TPSA) is 226 Å². The number of H-pyrrole nitrogens is 3. The van der Waals surface area contributed by atoms with E-state index in [4.69, 9.17) is 10.3 Å². The number of primary sulfonamides is 2. The van der Waals surface area contributed by atoms with E-state index in [-0.39, 0.29) is 23.0 Å². The van der Waals surface area contributed by atoms with Crippen LogP contribution in [-0.4, -0.2) is 47.3 Å². The van der Waals surface area contributed by atoms with Gasteiger partial charge in [0, 0.05) is 67.6 Å². The lowest BCUT2D eigenvalue weighted by molar-refractivity contribution is 0.476. The number of sulfonamides is 2. The number of hydrogen-bond acceptors (Lipinski definition) is 9. The number of aromatic amines is 3. The summed E-state index contributed by atoms with van der Waals surface area (Å²) in [6.07, 6.45) is 2.58. The number of rotatable bonds is 8. The molecule has 52 heavy (non-hydrogen) atoms. The molecule has 0 aliphatic heterocycles. The van der Waals surface area contributed by atoms with Gasteiger partial charge in [0.2, 0.25) is 20.0 Å². The molecule has 8 rings (SSSR count). The smallest absolute Gasteiger partial charge is 0.238 e. The van der Waals surface area contributed by atoms with Crippen LogP contribution >= 0.6 is 11.3 Å². The lowest BCUT2D eigenvalue weighted by Gasteiger charge is -2.03. The Morgan fingerprint density at radius 3 is 2.15 bits per heavy atom. The van der Waals surface area contributed by atoms with Crippen molar-refractivity contribution in [3.63, 3.8) is 0 Å². The van der Waals surface area contributed by atoms with Crippen LogP contribution in [0, 0.1) is 0 Å². The third-order valence-corrected chi connectivity index (χ3v) is 10.8. The average Bonchev–Trinajstić information content (AvgIpc) is 3.91. The standard InChI is InChI=1S/C18H16N4O2S.C17H14N4O3S2.CH4/c19-25(23,24)14-7-5-12(6-8-14)9-13-10-18(22-21-13)16-11-20-17-4-2-1-3-15(16)17;18-26(23,24)12-4-1-10(2-5-12)19-17-8-15(20-21-17)14-9-25-16-7-11(22)3-6-13(14)16;/h1-8,10-11,20H,9H2,(H,21,22)(H2,19,23,24);1-9,22H,(H2,18,23,24)(H2,19,20,21);1H4. The quantitative estimate of drug-likeness (QED) is 0.0869. The number of phenols is 1. The number of aromatic hydroxyl groups is 1. The molecule has 0 radical (unpaired) electrons. The van der Waals surface area contributed by atoms with Gasteiger partial charge in [-0.05, 0) is 72.3 Å². The van der Waals surface area contributed by atoms with Gasteiger partial charge in [-0.1, -0.05) is 37.8 Å². The molecule has 16 heteroatoms. The van der Waals surface area contributed by atoms with Crippen molar-refractivity contribution in [2.24, 2.45) is 10.3 Å². The zero-order valence-corrected chi connectivity index (χ0v) is 29.0. The summed E-state index contributed by atoms with van der Waals surface area (Å²) in [7, 11) is -7.37. The maximum atomic E-state index is 11.3. The van der Waals surface area contributed by atoms with Crippen LogP contribution in [0.1, 0.15) is 18.7 Å². The Bertz CT molecular complexity index is 2710. The minimum atomic E-state index is -3.71. The summed E-state index contributed by atoms with van der Waals surface area (Å²) in [4.78, 5) is 3.41. The summed E-state index contributed by atoms with van der Waals surface area (Å²) in [6, 6.07) is 29.9. The molecule has 0 fully saturated rings. The van der Waals surface area contributed by atoms with E-state index < -0.39 is 20.0 Å².